The molecule has 0 N–H and O–H groups in total. The van der Waals surface area contributed by atoms with Gasteiger partial charge in [-0.25, -0.2) is 0 Å². The molecule has 2 heteroatoms. The minimum Gasteiger partial charge on any atom is -0.455 e. The van der Waals surface area contributed by atoms with Gasteiger partial charge < -0.3 is 4.42 Å². The van der Waals surface area contributed by atoms with Crippen molar-refractivity contribution in [3.05, 3.63) is 48.2 Å². The summed E-state index contributed by atoms with van der Waals surface area (Å²) < 4.78 is 5.60. The number of hydrogen-bond acceptors (Lipinski definition) is 2. The van der Waals surface area contributed by atoms with Crippen LogP contribution in [0.5, 0.6) is 0 Å². The minimum absolute atomic E-state index is 0.954. The van der Waals surface area contributed by atoms with Crippen molar-refractivity contribution in [3.8, 4) is 0 Å². The van der Waals surface area contributed by atoms with Crippen LogP contribution < -0.4 is 0 Å². The van der Waals surface area contributed by atoms with Crippen LogP contribution >= 0.6 is 11.8 Å². The summed E-state index contributed by atoms with van der Waals surface area (Å²) in [5.74, 6) is 1.04. The van der Waals surface area contributed by atoms with E-state index in [1.165, 1.54) is 4.90 Å². The fourth-order valence-electron chi connectivity index (χ4n) is 1.21. The number of benzene rings is 1. The summed E-state index contributed by atoms with van der Waals surface area (Å²) in [6, 6.07) is 14.3. The van der Waals surface area contributed by atoms with E-state index in [4.69, 9.17) is 4.42 Å². The van der Waals surface area contributed by atoms with Gasteiger partial charge >= 0.3 is 0 Å². The van der Waals surface area contributed by atoms with Crippen LogP contribution in [0.15, 0.2) is 56.9 Å². The monoisotopic (exact) mass is 204 g/mol. The van der Waals surface area contributed by atoms with Crippen LogP contribution in [0.4, 0.5) is 0 Å². The number of hydrogen-bond donors (Lipinski definition) is 0. The van der Waals surface area contributed by atoms with Gasteiger partial charge in [-0.2, -0.15) is 0 Å². The zero-order valence-corrected chi connectivity index (χ0v) is 8.88. The minimum atomic E-state index is 0.954. The van der Waals surface area contributed by atoms with Crippen molar-refractivity contribution in [2.24, 2.45) is 0 Å². The van der Waals surface area contributed by atoms with Gasteiger partial charge in [0, 0.05) is 11.3 Å². The maximum Gasteiger partial charge on any atom is 0.165 e. The molecule has 0 aliphatic rings. The van der Waals surface area contributed by atoms with Crippen molar-refractivity contribution in [2.75, 3.05) is 0 Å². The highest BCUT2D eigenvalue weighted by atomic mass is 32.2. The second-order valence-corrected chi connectivity index (χ2v) is 4.07. The summed E-state index contributed by atoms with van der Waals surface area (Å²) >= 11 is 1.66. The second kappa shape index (κ2) is 4.38. The van der Waals surface area contributed by atoms with Crippen molar-refractivity contribution < 1.29 is 4.42 Å². The van der Waals surface area contributed by atoms with Crippen LogP contribution in [0.3, 0.4) is 0 Å². The highest BCUT2D eigenvalue weighted by molar-refractivity contribution is 7.99. The highest BCUT2D eigenvalue weighted by Crippen LogP contribution is 2.28. The number of aryl methyl sites for hydroxylation is 1. The predicted octanol–water partition coefficient (Wildman–Crippen LogP) is 3.99. The first-order valence-electron chi connectivity index (χ1n) is 4.70. The number of furan rings is 1. The molecule has 14 heavy (non-hydrogen) atoms. The van der Waals surface area contributed by atoms with Crippen molar-refractivity contribution in [1.29, 1.82) is 0 Å². The third-order valence-corrected chi connectivity index (χ3v) is 2.88. The summed E-state index contributed by atoms with van der Waals surface area (Å²) in [5.41, 5.74) is 0. The molecule has 0 saturated heterocycles. The van der Waals surface area contributed by atoms with E-state index in [0.717, 1.165) is 17.3 Å². The maximum absolute atomic E-state index is 5.60. The molecule has 0 amide bonds. The summed E-state index contributed by atoms with van der Waals surface area (Å²) in [7, 11) is 0. The summed E-state index contributed by atoms with van der Waals surface area (Å²) in [4.78, 5) is 1.21. The third-order valence-electron chi connectivity index (χ3n) is 1.95. The van der Waals surface area contributed by atoms with E-state index >= 15 is 0 Å². The Labute approximate surface area is 88.1 Å². The average molecular weight is 204 g/mol. The van der Waals surface area contributed by atoms with Crippen molar-refractivity contribution >= 4 is 11.8 Å². The number of rotatable bonds is 3. The summed E-state index contributed by atoms with van der Waals surface area (Å²) in [6.07, 6.45) is 0.954. The van der Waals surface area contributed by atoms with Gasteiger partial charge in [0.05, 0.1) is 0 Å². The Hall–Kier alpha value is -1.15. The molecule has 72 valence electrons. The summed E-state index contributed by atoms with van der Waals surface area (Å²) in [5, 5.41) is 0.966. The Bertz CT molecular complexity index is 392. The van der Waals surface area contributed by atoms with Crippen LogP contribution in [0.25, 0.3) is 0 Å². The Morgan fingerprint density at radius 1 is 1.07 bits per heavy atom. The Kier molecular flexibility index (Phi) is 2.94. The molecule has 1 nitrogen and oxygen atoms in total. The van der Waals surface area contributed by atoms with Crippen molar-refractivity contribution in [2.45, 2.75) is 23.3 Å². The largest absolute Gasteiger partial charge is 0.455 e. The smallest absolute Gasteiger partial charge is 0.165 e. The molecule has 2 aromatic rings. The fourth-order valence-corrected chi connectivity index (χ4v) is 2.02. The highest BCUT2D eigenvalue weighted by Gasteiger charge is 2.01. The molecule has 0 saturated carbocycles. The SMILES string of the molecule is CCc1ccc(Sc2ccccc2)o1. The van der Waals surface area contributed by atoms with E-state index < -0.39 is 0 Å². The van der Waals surface area contributed by atoms with E-state index in [1.807, 2.05) is 30.3 Å². The van der Waals surface area contributed by atoms with Crippen LogP contribution in [-0.4, -0.2) is 0 Å². The second-order valence-electron chi connectivity index (χ2n) is 2.99. The lowest BCUT2D eigenvalue weighted by molar-refractivity contribution is 0.436. The van der Waals surface area contributed by atoms with E-state index in [2.05, 4.69) is 19.1 Å². The lowest BCUT2D eigenvalue weighted by Gasteiger charge is -1.96. The molecule has 0 radical (unpaired) electrons. The standard InChI is InChI=1S/C12H12OS/c1-2-10-8-9-12(13-10)14-11-6-4-3-5-7-11/h3-9H,2H2,1H3. The van der Waals surface area contributed by atoms with Crippen LogP contribution in [0.1, 0.15) is 12.7 Å². The van der Waals surface area contributed by atoms with Crippen molar-refractivity contribution in [3.63, 3.8) is 0 Å². The van der Waals surface area contributed by atoms with Gasteiger partial charge in [-0.15, -0.1) is 0 Å². The first-order valence-corrected chi connectivity index (χ1v) is 5.52. The van der Waals surface area contributed by atoms with Gasteiger partial charge in [-0.1, -0.05) is 36.9 Å². The fraction of sp³-hybridized carbons (Fsp3) is 0.167. The van der Waals surface area contributed by atoms with E-state index in [0.29, 0.717) is 0 Å². The third kappa shape index (κ3) is 2.20. The molecule has 0 spiro atoms. The first kappa shape index (κ1) is 9.41. The van der Waals surface area contributed by atoms with Gasteiger partial charge in [-0.05, 0) is 24.3 Å². The van der Waals surface area contributed by atoms with Crippen LogP contribution in [-0.2, 0) is 6.42 Å². The lowest BCUT2D eigenvalue weighted by atomic mass is 10.4. The first-order chi connectivity index (χ1) is 6.88. The molecule has 0 aliphatic carbocycles. The van der Waals surface area contributed by atoms with E-state index in [-0.39, 0.29) is 0 Å². The molecule has 0 fully saturated rings. The van der Waals surface area contributed by atoms with E-state index in [1.54, 1.807) is 11.8 Å². The molecule has 0 aliphatic heterocycles. The summed E-state index contributed by atoms with van der Waals surface area (Å²) in [6.45, 7) is 2.09. The molecule has 1 heterocycles. The Morgan fingerprint density at radius 3 is 2.50 bits per heavy atom. The molecule has 1 aromatic carbocycles. The van der Waals surface area contributed by atoms with Gasteiger partial charge in [0.15, 0.2) is 5.09 Å². The molecule has 1 aromatic heterocycles. The molecule has 0 unspecified atom stereocenters. The molecular formula is C12H12OS. The zero-order chi connectivity index (χ0) is 9.80. The van der Waals surface area contributed by atoms with Gasteiger partial charge in [-0.3, -0.25) is 0 Å². The molecule has 2 rings (SSSR count). The van der Waals surface area contributed by atoms with Crippen LogP contribution in [0, 0.1) is 0 Å². The van der Waals surface area contributed by atoms with Gasteiger partial charge in [0.1, 0.15) is 5.76 Å². The normalized spacial score (nSPS) is 10.4. The van der Waals surface area contributed by atoms with Crippen molar-refractivity contribution in [1.82, 2.24) is 0 Å². The zero-order valence-electron chi connectivity index (χ0n) is 8.07. The van der Waals surface area contributed by atoms with Crippen LogP contribution in [0.2, 0.25) is 0 Å². The topological polar surface area (TPSA) is 13.1 Å². The molecule has 0 bridgehead atoms. The molecule has 0 atom stereocenters. The van der Waals surface area contributed by atoms with Gasteiger partial charge in [0.2, 0.25) is 0 Å². The maximum atomic E-state index is 5.60. The average Bonchev–Trinajstić information content (AvgIpc) is 2.67. The quantitative estimate of drug-likeness (QED) is 0.749. The van der Waals surface area contributed by atoms with Gasteiger partial charge in [0.25, 0.3) is 0 Å². The Balaban J connectivity index is 2.11. The molecular weight excluding hydrogens is 192 g/mol. The predicted molar refractivity (Wildman–Crippen MR) is 58.7 cm³/mol. The lowest BCUT2D eigenvalue weighted by Crippen LogP contribution is -1.70. The Morgan fingerprint density at radius 2 is 1.86 bits per heavy atom. The van der Waals surface area contributed by atoms with E-state index in [9.17, 15) is 0 Å².